The van der Waals surface area contributed by atoms with Crippen LogP contribution in [-0.4, -0.2) is 19.6 Å². The van der Waals surface area contributed by atoms with Gasteiger partial charge in [0.15, 0.2) is 17.9 Å². The third-order valence-corrected chi connectivity index (χ3v) is 7.64. The molecule has 47 heavy (non-hydrogen) atoms. The van der Waals surface area contributed by atoms with Gasteiger partial charge in [-0.15, -0.1) is 13.2 Å². The lowest BCUT2D eigenvalue weighted by molar-refractivity contribution is -0.275. The molecule has 0 aromatic heterocycles. The number of rotatable bonds is 11. The minimum absolute atomic E-state index is 0.0410. The van der Waals surface area contributed by atoms with Crippen molar-refractivity contribution in [2.45, 2.75) is 51.4 Å². The molecule has 0 N–H and O–H groups in total. The first-order chi connectivity index (χ1) is 22.3. The van der Waals surface area contributed by atoms with E-state index in [0.29, 0.717) is 54.5 Å². The smallest absolute Gasteiger partial charge is 0.429 e. The largest absolute Gasteiger partial charge is 0.573 e. The topological polar surface area (TPSA) is 36.9 Å². The van der Waals surface area contributed by atoms with Gasteiger partial charge in [0, 0.05) is 23.1 Å². The van der Waals surface area contributed by atoms with E-state index in [1.807, 2.05) is 12.1 Å². The van der Waals surface area contributed by atoms with Crippen molar-refractivity contribution in [3.8, 4) is 33.8 Å². The highest BCUT2D eigenvalue weighted by atomic mass is 19.4. The van der Waals surface area contributed by atoms with Crippen LogP contribution in [0.15, 0.2) is 78.9 Å². The summed E-state index contributed by atoms with van der Waals surface area (Å²) in [4.78, 5) is 0. The molecular weight excluding hydrogens is 636 g/mol. The maximum absolute atomic E-state index is 15.2. The molecule has 1 aliphatic rings. The Bertz CT molecular complexity index is 1670. The van der Waals surface area contributed by atoms with Gasteiger partial charge < -0.3 is 18.9 Å². The van der Waals surface area contributed by atoms with Gasteiger partial charge in [-0.1, -0.05) is 68.7 Å². The van der Waals surface area contributed by atoms with Crippen LogP contribution in [0.2, 0.25) is 0 Å². The molecule has 0 amide bonds. The predicted octanol–water partition coefficient (Wildman–Crippen LogP) is 10.7. The molecule has 0 atom stereocenters. The summed E-state index contributed by atoms with van der Waals surface area (Å²) in [7, 11) is 0. The van der Waals surface area contributed by atoms with E-state index in [9.17, 15) is 30.7 Å². The molecule has 1 saturated heterocycles. The van der Waals surface area contributed by atoms with Gasteiger partial charge in [0.1, 0.15) is 17.4 Å². The van der Waals surface area contributed by atoms with Gasteiger partial charge in [-0.05, 0) is 53.4 Å². The first-order valence-corrected chi connectivity index (χ1v) is 14.9. The monoisotopic (exact) mass is 666 g/mol. The van der Waals surface area contributed by atoms with Crippen LogP contribution in [-0.2, 0) is 15.6 Å². The van der Waals surface area contributed by atoms with Crippen molar-refractivity contribution in [2.75, 3.05) is 13.2 Å². The average Bonchev–Trinajstić information content (AvgIpc) is 3.02. The molecule has 5 rings (SSSR count). The summed E-state index contributed by atoms with van der Waals surface area (Å²) in [5.74, 6) is -5.58. The van der Waals surface area contributed by atoms with Gasteiger partial charge in [0.2, 0.25) is 0 Å². The molecule has 1 heterocycles. The van der Waals surface area contributed by atoms with Crippen molar-refractivity contribution >= 4 is 0 Å². The molecule has 12 heteroatoms. The van der Waals surface area contributed by atoms with Crippen molar-refractivity contribution in [1.29, 1.82) is 0 Å². The maximum Gasteiger partial charge on any atom is 0.573 e. The Hall–Kier alpha value is -4.16. The Balaban J connectivity index is 1.25. The lowest BCUT2D eigenvalue weighted by atomic mass is 9.97. The molecule has 0 bridgehead atoms. The van der Waals surface area contributed by atoms with Gasteiger partial charge in [-0.25, -0.2) is 13.2 Å². The molecule has 1 fully saturated rings. The van der Waals surface area contributed by atoms with Crippen molar-refractivity contribution < 1.29 is 54.1 Å². The zero-order valence-corrected chi connectivity index (χ0v) is 25.1. The summed E-state index contributed by atoms with van der Waals surface area (Å²) in [5.41, 5.74) is 0.690. The summed E-state index contributed by atoms with van der Waals surface area (Å²) in [6.45, 7) is 3.39. The first-order valence-electron chi connectivity index (χ1n) is 14.9. The molecule has 4 aromatic carbocycles. The summed E-state index contributed by atoms with van der Waals surface area (Å²) >= 11 is 0. The van der Waals surface area contributed by atoms with Crippen LogP contribution in [0.3, 0.4) is 0 Å². The highest BCUT2D eigenvalue weighted by Crippen LogP contribution is 2.38. The van der Waals surface area contributed by atoms with Crippen LogP contribution in [0.4, 0.5) is 35.1 Å². The Kier molecular flexibility index (Phi) is 10.4. The van der Waals surface area contributed by atoms with Crippen molar-refractivity contribution in [3.63, 3.8) is 0 Å². The lowest BCUT2D eigenvalue weighted by Crippen LogP contribution is -2.27. The van der Waals surface area contributed by atoms with Gasteiger partial charge in [-0.3, -0.25) is 0 Å². The third kappa shape index (κ3) is 8.61. The Morgan fingerprint density at radius 2 is 1.34 bits per heavy atom. The van der Waals surface area contributed by atoms with Crippen LogP contribution in [0.5, 0.6) is 11.5 Å². The molecule has 0 spiro atoms. The highest BCUT2D eigenvalue weighted by molar-refractivity contribution is 5.71. The molecule has 0 radical (unpaired) electrons. The van der Waals surface area contributed by atoms with Crippen LogP contribution in [0.1, 0.15) is 50.0 Å². The van der Waals surface area contributed by atoms with E-state index in [0.717, 1.165) is 30.9 Å². The summed E-state index contributed by atoms with van der Waals surface area (Å²) < 4.78 is 130. The van der Waals surface area contributed by atoms with Crippen LogP contribution >= 0.6 is 0 Å². The maximum atomic E-state index is 15.2. The fraction of sp³-hybridized carbons (Fsp3) is 0.314. The second kappa shape index (κ2) is 14.3. The molecule has 0 unspecified atom stereocenters. The molecule has 250 valence electrons. The minimum atomic E-state index is -5.21. The number of benzene rings is 4. The molecule has 1 aliphatic heterocycles. The zero-order valence-electron chi connectivity index (χ0n) is 25.1. The molecule has 0 saturated carbocycles. The van der Waals surface area contributed by atoms with E-state index in [-0.39, 0.29) is 17.2 Å². The fourth-order valence-electron chi connectivity index (χ4n) is 5.22. The van der Waals surface area contributed by atoms with E-state index in [1.165, 1.54) is 18.6 Å². The number of unbranched alkanes of at least 4 members (excludes halogenated alkanes) is 2. The van der Waals surface area contributed by atoms with E-state index in [1.54, 1.807) is 18.2 Å². The minimum Gasteiger partial charge on any atom is -0.429 e. The number of hydrogen-bond acceptors (Lipinski definition) is 4. The van der Waals surface area contributed by atoms with Gasteiger partial charge in [-0.2, -0.15) is 8.78 Å². The van der Waals surface area contributed by atoms with E-state index in [4.69, 9.17) is 9.47 Å². The number of halogens is 8. The Labute approximate surface area is 265 Å². The van der Waals surface area contributed by atoms with Crippen LogP contribution in [0, 0.1) is 23.4 Å². The van der Waals surface area contributed by atoms with Gasteiger partial charge in [0.05, 0.1) is 18.8 Å². The molecule has 4 nitrogen and oxygen atoms in total. The zero-order chi connectivity index (χ0) is 33.8. The van der Waals surface area contributed by atoms with Crippen molar-refractivity contribution in [1.82, 2.24) is 0 Å². The van der Waals surface area contributed by atoms with E-state index < -0.39 is 53.3 Å². The van der Waals surface area contributed by atoms with Gasteiger partial charge >= 0.3 is 12.5 Å². The third-order valence-electron chi connectivity index (χ3n) is 7.64. The lowest BCUT2D eigenvalue weighted by Gasteiger charge is -2.29. The highest BCUT2D eigenvalue weighted by Gasteiger charge is 2.38. The first kappa shape index (κ1) is 34.2. The Morgan fingerprint density at radius 3 is 1.96 bits per heavy atom. The van der Waals surface area contributed by atoms with E-state index >= 15 is 4.39 Å². The summed E-state index contributed by atoms with van der Waals surface area (Å²) in [6, 6.07) is 15.2. The molecular formula is C35H30F8O4. The van der Waals surface area contributed by atoms with Crippen LogP contribution < -0.4 is 9.47 Å². The normalized spacial score (nSPS) is 17.0. The number of ether oxygens (including phenoxy) is 4. The average molecular weight is 667 g/mol. The molecule has 0 aliphatic carbocycles. The molecule has 4 aromatic rings. The predicted molar refractivity (Wildman–Crippen MR) is 157 cm³/mol. The van der Waals surface area contributed by atoms with Gasteiger partial charge in [0.25, 0.3) is 0 Å². The second-order valence-corrected chi connectivity index (χ2v) is 11.1. The van der Waals surface area contributed by atoms with Crippen molar-refractivity contribution in [2.24, 2.45) is 5.92 Å². The van der Waals surface area contributed by atoms with Crippen LogP contribution in [0.25, 0.3) is 22.3 Å². The van der Waals surface area contributed by atoms with E-state index in [2.05, 4.69) is 16.4 Å². The SMILES string of the molecule is CCCCCC1COC(c2ccc(-c3ccc(-c4ccc(C(F)(F)Oc5ccc(OC(F)(F)F)c(F)c5)c(F)c4)c(F)c3)cc2)OC1. The standard InChI is InChI=1S/C35H30F8O4/c1-2-3-4-5-21-19-44-33(45-20-21)23-8-6-22(7-9-23)24-10-13-27(29(36)16-24)25-11-14-28(30(37)17-25)34(39,40)46-26-12-15-32(31(38)18-26)47-35(41,42)43/h6-18,21,33H,2-5,19-20H2,1H3. The van der Waals surface area contributed by atoms with Crippen molar-refractivity contribution in [3.05, 3.63) is 107 Å². The number of hydrogen-bond donors (Lipinski definition) is 0. The fourth-order valence-corrected chi connectivity index (χ4v) is 5.22. The quantitative estimate of drug-likeness (QED) is 0.118. The Morgan fingerprint density at radius 1 is 0.681 bits per heavy atom. The number of alkyl halides is 5. The second-order valence-electron chi connectivity index (χ2n) is 11.1. The summed E-state index contributed by atoms with van der Waals surface area (Å²) in [6.07, 6.45) is -5.51. The summed E-state index contributed by atoms with van der Waals surface area (Å²) in [5, 5.41) is 0.